The lowest BCUT2D eigenvalue weighted by Crippen LogP contribution is -2.12. The Bertz CT molecular complexity index is 1290. The highest BCUT2D eigenvalue weighted by Gasteiger charge is 2.24. The monoisotopic (exact) mass is 466 g/mol. The number of ketones is 1. The van der Waals surface area contributed by atoms with E-state index in [9.17, 15) is 4.79 Å². The molecule has 0 amide bonds. The van der Waals surface area contributed by atoms with E-state index in [4.69, 9.17) is 16.1 Å². The summed E-state index contributed by atoms with van der Waals surface area (Å²) < 4.78 is 6.88. The highest BCUT2D eigenvalue weighted by Crippen LogP contribution is 2.26. The molecule has 3 aromatic heterocycles. The van der Waals surface area contributed by atoms with Crippen LogP contribution in [0.2, 0.25) is 5.02 Å². The first-order chi connectivity index (χ1) is 15.7. The maximum Gasteiger partial charge on any atom is 0.238 e. The molecule has 4 rings (SSSR count). The molecule has 0 atom stereocenters. The highest BCUT2D eigenvalue weighted by molar-refractivity contribution is 6.31. The largest absolute Gasteiger partial charge is 0.338 e. The molecule has 0 aliphatic carbocycles. The van der Waals surface area contributed by atoms with Crippen molar-refractivity contribution in [3.05, 3.63) is 59.2 Å². The van der Waals surface area contributed by atoms with Gasteiger partial charge in [-0.25, -0.2) is 9.97 Å². The van der Waals surface area contributed by atoms with Crippen molar-refractivity contribution in [2.75, 3.05) is 5.32 Å². The van der Waals surface area contributed by atoms with Crippen molar-refractivity contribution in [3.8, 4) is 11.4 Å². The average Bonchev–Trinajstić information content (AvgIpc) is 3.42. The van der Waals surface area contributed by atoms with Crippen LogP contribution in [-0.4, -0.2) is 40.7 Å². The standard InChI is InChI=1S/C22H23ClN8O2/c1-22(2,3)20-28-19(30-33-20)17(32)8-7-13-5-6-14(9-16(13)23)18-24-12-25-21(29-18)27-15-10-26-31(4)11-15/h5-6,9-12H,7-8H2,1-4H3,(H,24,25,27,29). The Morgan fingerprint density at radius 3 is 2.70 bits per heavy atom. The molecule has 0 spiro atoms. The molecule has 170 valence electrons. The number of nitrogens with zero attached hydrogens (tertiary/aromatic N) is 7. The molecule has 1 N–H and O–H groups in total. The summed E-state index contributed by atoms with van der Waals surface area (Å²) in [4.78, 5) is 29.5. The maximum absolute atomic E-state index is 12.5. The molecular weight excluding hydrogens is 444 g/mol. The van der Waals surface area contributed by atoms with Gasteiger partial charge in [-0.1, -0.05) is 49.7 Å². The van der Waals surface area contributed by atoms with Gasteiger partial charge in [0.2, 0.25) is 23.4 Å². The summed E-state index contributed by atoms with van der Waals surface area (Å²) in [6, 6.07) is 5.50. The summed E-state index contributed by atoms with van der Waals surface area (Å²) in [7, 11) is 1.83. The molecule has 33 heavy (non-hydrogen) atoms. The van der Waals surface area contributed by atoms with Crippen LogP contribution in [0.4, 0.5) is 11.6 Å². The van der Waals surface area contributed by atoms with Gasteiger partial charge < -0.3 is 9.84 Å². The van der Waals surface area contributed by atoms with Crippen LogP contribution in [0.1, 0.15) is 49.3 Å². The van der Waals surface area contributed by atoms with Gasteiger partial charge in [-0.2, -0.15) is 15.1 Å². The number of carbonyl (C=O) groups excluding carboxylic acids is 1. The van der Waals surface area contributed by atoms with E-state index in [1.54, 1.807) is 16.9 Å². The molecule has 0 fully saturated rings. The molecule has 0 saturated heterocycles. The minimum Gasteiger partial charge on any atom is -0.338 e. The van der Waals surface area contributed by atoms with Gasteiger partial charge in [-0.15, -0.1) is 0 Å². The number of aryl methyl sites for hydroxylation is 2. The number of carbonyl (C=O) groups is 1. The number of hydrogen-bond donors (Lipinski definition) is 1. The smallest absolute Gasteiger partial charge is 0.238 e. The molecule has 0 bridgehead atoms. The number of aromatic nitrogens is 7. The van der Waals surface area contributed by atoms with Crippen LogP contribution in [-0.2, 0) is 18.9 Å². The lowest BCUT2D eigenvalue weighted by molar-refractivity contribution is 0.0970. The first-order valence-corrected chi connectivity index (χ1v) is 10.7. The minimum absolute atomic E-state index is 0.0894. The highest BCUT2D eigenvalue weighted by atomic mass is 35.5. The van der Waals surface area contributed by atoms with Gasteiger partial charge in [-0.05, 0) is 18.1 Å². The quantitative estimate of drug-likeness (QED) is 0.399. The molecule has 3 heterocycles. The number of benzene rings is 1. The zero-order valence-electron chi connectivity index (χ0n) is 18.7. The van der Waals surface area contributed by atoms with Crippen LogP contribution in [0.25, 0.3) is 11.4 Å². The second-order valence-corrected chi connectivity index (χ2v) is 8.97. The molecule has 0 aliphatic heterocycles. The lowest BCUT2D eigenvalue weighted by atomic mass is 9.97. The van der Waals surface area contributed by atoms with Gasteiger partial charge in [0.05, 0.1) is 11.9 Å². The van der Waals surface area contributed by atoms with Crippen LogP contribution < -0.4 is 5.32 Å². The van der Waals surface area contributed by atoms with Crippen molar-refractivity contribution < 1.29 is 9.32 Å². The topological polar surface area (TPSA) is 125 Å². The molecule has 0 radical (unpaired) electrons. The summed E-state index contributed by atoms with van der Waals surface area (Å²) in [5, 5.41) is 11.5. The molecule has 11 heteroatoms. The Kier molecular flexibility index (Phi) is 6.19. The molecule has 0 saturated carbocycles. The molecule has 10 nitrogen and oxygen atoms in total. The molecule has 1 aromatic carbocycles. The Labute approximate surface area is 195 Å². The Hall–Kier alpha value is -3.66. The van der Waals surface area contributed by atoms with Gasteiger partial charge in [0, 0.05) is 35.7 Å². The van der Waals surface area contributed by atoms with Crippen LogP contribution in [0.5, 0.6) is 0 Å². The van der Waals surface area contributed by atoms with Crippen molar-refractivity contribution in [1.82, 2.24) is 34.9 Å². The third-order valence-corrected chi connectivity index (χ3v) is 5.13. The van der Waals surface area contributed by atoms with E-state index in [0.29, 0.717) is 29.1 Å². The number of rotatable bonds is 7. The normalized spacial score (nSPS) is 11.5. The van der Waals surface area contributed by atoms with Gasteiger partial charge in [0.1, 0.15) is 6.33 Å². The number of halogens is 1. The number of nitrogens with one attached hydrogen (secondary N) is 1. The van der Waals surface area contributed by atoms with Crippen molar-refractivity contribution >= 4 is 29.0 Å². The van der Waals surface area contributed by atoms with E-state index >= 15 is 0 Å². The molecule has 0 unspecified atom stereocenters. The predicted octanol–water partition coefficient (Wildman–Crippen LogP) is 4.17. The summed E-state index contributed by atoms with van der Waals surface area (Å²) >= 11 is 6.49. The Morgan fingerprint density at radius 2 is 2.03 bits per heavy atom. The van der Waals surface area contributed by atoms with E-state index in [1.807, 2.05) is 46.1 Å². The van der Waals surface area contributed by atoms with E-state index in [0.717, 1.165) is 16.8 Å². The summed E-state index contributed by atoms with van der Waals surface area (Å²) in [5.41, 5.74) is 2.02. The lowest BCUT2D eigenvalue weighted by Gasteiger charge is -2.10. The maximum atomic E-state index is 12.5. The van der Waals surface area contributed by atoms with E-state index < -0.39 is 0 Å². The third-order valence-electron chi connectivity index (χ3n) is 4.78. The summed E-state index contributed by atoms with van der Waals surface area (Å²) in [6.07, 6.45) is 5.58. The zero-order valence-corrected chi connectivity index (χ0v) is 19.5. The first kappa shape index (κ1) is 22.5. The van der Waals surface area contributed by atoms with Crippen LogP contribution in [0.3, 0.4) is 0 Å². The van der Waals surface area contributed by atoms with Crippen molar-refractivity contribution in [3.63, 3.8) is 0 Å². The van der Waals surface area contributed by atoms with Crippen molar-refractivity contribution in [2.45, 2.75) is 39.0 Å². The SMILES string of the molecule is Cn1cc(Nc2ncnc(-c3ccc(CCC(=O)c4noc(C(C)(C)C)n4)c(Cl)c3)n2)cn1. The average molecular weight is 467 g/mol. The predicted molar refractivity (Wildman–Crippen MR) is 122 cm³/mol. The van der Waals surface area contributed by atoms with Gasteiger partial charge in [0.15, 0.2) is 5.82 Å². The van der Waals surface area contributed by atoms with Crippen molar-refractivity contribution in [2.24, 2.45) is 7.05 Å². The van der Waals surface area contributed by atoms with E-state index in [-0.39, 0.29) is 23.4 Å². The number of Topliss-reactive ketones (excluding diaryl/α,β-unsaturated/α-hetero) is 1. The fraction of sp³-hybridized carbons (Fsp3) is 0.318. The first-order valence-electron chi connectivity index (χ1n) is 10.3. The van der Waals surface area contributed by atoms with Crippen LogP contribution in [0.15, 0.2) is 41.4 Å². The number of anilines is 2. The number of hydrogen-bond acceptors (Lipinski definition) is 9. The fourth-order valence-electron chi connectivity index (χ4n) is 3.00. The van der Waals surface area contributed by atoms with Crippen molar-refractivity contribution in [1.29, 1.82) is 0 Å². The Balaban J connectivity index is 1.43. The van der Waals surface area contributed by atoms with Gasteiger partial charge in [-0.3, -0.25) is 9.48 Å². The van der Waals surface area contributed by atoms with Gasteiger partial charge in [0.25, 0.3) is 0 Å². The fourth-order valence-corrected chi connectivity index (χ4v) is 3.28. The Morgan fingerprint density at radius 1 is 1.21 bits per heavy atom. The van der Waals surface area contributed by atoms with E-state index in [1.165, 1.54) is 6.33 Å². The summed E-state index contributed by atoms with van der Waals surface area (Å²) in [6.45, 7) is 5.83. The molecule has 4 aromatic rings. The van der Waals surface area contributed by atoms with Crippen LogP contribution in [0, 0.1) is 0 Å². The second-order valence-electron chi connectivity index (χ2n) is 8.56. The van der Waals surface area contributed by atoms with E-state index in [2.05, 4.69) is 35.5 Å². The van der Waals surface area contributed by atoms with Gasteiger partial charge >= 0.3 is 0 Å². The van der Waals surface area contributed by atoms with Crippen LogP contribution >= 0.6 is 11.6 Å². The minimum atomic E-state index is -0.312. The third kappa shape index (κ3) is 5.40. The summed E-state index contributed by atoms with van der Waals surface area (Å²) in [5.74, 6) is 1.20. The molecule has 0 aliphatic rings. The zero-order chi connectivity index (χ0) is 23.6. The second kappa shape index (κ2) is 9.07. The molecular formula is C22H23ClN8O2.